The molecule has 1 saturated carbocycles. The Morgan fingerprint density at radius 2 is 1.61 bits per heavy atom. The fourth-order valence-corrected chi connectivity index (χ4v) is 2.78. The van der Waals surface area contributed by atoms with E-state index in [1.807, 2.05) is 0 Å². The van der Waals surface area contributed by atoms with Crippen molar-refractivity contribution in [2.75, 3.05) is 0 Å². The molecule has 0 amide bonds. The van der Waals surface area contributed by atoms with E-state index in [1.165, 1.54) is 38.5 Å². The minimum Gasteiger partial charge on any atom is -0.379 e. The van der Waals surface area contributed by atoms with Gasteiger partial charge in [-0.3, -0.25) is 5.32 Å². The highest BCUT2D eigenvalue weighted by Gasteiger charge is 2.30. The molecule has 1 rings (SSSR count). The first-order valence-electron chi connectivity index (χ1n) is 7.84. The normalized spacial score (nSPS) is 20.8. The lowest BCUT2D eigenvalue weighted by atomic mass is 9.91. The molecule has 0 aromatic carbocycles. The van der Waals surface area contributed by atoms with Crippen LogP contribution in [0, 0.1) is 0 Å². The number of hydrogen-bond donors (Lipinski definition) is 3. The van der Waals surface area contributed by atoms with Gasteiger partial charge in [0.15, 0.2) is 0 Å². The SMILES string of the molecule is CCCCCCCCC(O)NC1(O)CCCCC1. The average molecular weight is 257 g/mol. The Balaban J connectivity index is 2.04. The zero-order chi connectivity index (χ0) is 13.3. The van der Waals surface area contributed by atoms with Crippen molar-refractivity contribution in [1.82, 2.24) is 5.32 Å². The molecule has 18 heavy (non-hydrogen) atoms. The summed E-state index contributed by atoms with van der Waals surface area (Å²) in [6.45, 7) is 2.22. The first kappa shape index (κ1) is 15.9. The fraction of sp³-hybridized carbons (Fsp3) is 1.00. The summed E-state index contributed by atoms with van der Waals surface area (Å²) in [6.07, 6.45) is 12.5. The van der Waals surface area contributed by atoms with Crippen molar-refractivity contribution in [2.24, 2.45) is 0 Å². The van der Waals surface area contributed by atoms with E-state index in [9.17, 15) is 10.2 Å². The number of aliphatic hydroxyl groups excluding tert-OH is 1. The van der Waals surface area contributed by atoms with Gasteiger partial charge in [-0.1, -0.05) is 45.4 Å². The Morgan fingerprint density at radius 1 is 1.00 bits per heavy atom. The summed E-state index contributed by atoms with van der Waals surface area (Å²) in [5.41, 5.74) is -0.806. The number of rotatable bonds is 9. The molecule has 0 radical (unpaired) electrons. The standard InChI is InChI=1S/C15H31NO2/c1-2-3-4-5-6-8-11-14(17)16-15(18)12-9-7-10-13-15/h14,16-18H,2-13H2,1H3. The van der Waals surface area contributed by atoms with Gasteiger partial charge in [-0.15, -0.1) is 0 Å². The molecule has 3 heteroatoms. The molecule has 1 aliphatic rings. The molecule has 108 valence electrons. The van der Waals surface area contributed by atoms with E-state index in [2.05, 4.69) is 12.2 Å². The summed E-state index contributed by atoms with van der Waals surface area (Å²) in [7, 11) is 0. The molecule has 0 aliphatic heterocycles. The van der Waals surface area contributed by atoms with Gasteiger partial charge in [-0.2, -0.15) is 0 Å². The van der Waals surface area contributed by atoms with Gasteiger partial charge in [0.25, 0.3) is 0 Å². The lowest BCUT2D eigenvalue weighted by Gasteiger charge is -2.35. The molecule has 0 heterocycles. The van der Waals surface area contributed by atoms with E-state index in [4.69, 9.17) is 0 Å². The largest absolute Gasteiger partial charge is 0.379 e. The quantitative estimate of drug-likeness (QED) is 0.439. The van der Waals surface area contributed by atoms with Crippen LogP contribution in [0.15, 0.2) is 0 Å². The summed E-state index contributed by atoms with van der Waals surface area (Å²) < 4.78 is 0. The van der Waals surface area contributed by atoms with Crippen molar-refractivity contribution in [1.29, 1.82) is 0 Å². The predicted octanol–water partition coefficient (Wildman–Crippen LogP) is 3.30. The lowest BCUT2D eigenvalue weighted by Crippen LogP contribution is -2.51. The third-order valence-electron chi connectivity index (χ3n) is 3.95. The van der Waals surface area contributed by atoms with Crippen LogP contribution in [-0.4, -0.2) is 22.2 Å². The average Bonchev–Trinajstić information content (AvgIpc) is 2.34. The predicted molar refractivity (Wildman–Crippen MR) is 75.2 cm³/mol. The van der Waals surface area contributed by atoms with Crippen molar-refractivity contribution < 1.29 is 10.2 Å². The van der Waals surface area contributed by atoms with Gasteiger partial charge in [-0.25, -0.2) is 0 Å². The smallest absolute Gasteiger partial charge is 0.117 e. The van der Waals surface area contributed by atoms with Crippen LogP contribution in [-0.2, 0) is 0 Å². The molecule has 3 nitrogen and oxygen atoms in total. The maximum absolute atomic E-state index is 10.2. The molecule has 1 fully saturated rings. The van der Waals surface area contributed by atoms with Crippen molar-refractivity contribution in [3.05, 3.63) is 0 Å². The first-order valence-corrected chi connectivity index (χ1v) is 7.84. The zero-order valence-corrected chi connectivity index (χ0v) is 12.0. The molecule has 3 N–H and O–H groups in total. The van der Waals surface area contributed by atoms with Crippen molar-refractivity contribution in [3.63, 3.8) is 0 Å². The molecular weight excluding hydrogens is 226 g/mol. The van der Waals surface area contributed by atoms with Crippen LogP contribution >= 0.6 is 0 Å². The molecule has 1 unspecified atom stereocenters. The fourth-order valence-electron chi connectivity index (χ4n) is 2.78. The van der Waals surface area contributed by atoms with Crippen LogP contribution in [0.25, 0.3) is 0 Å². The van der Waals surface area contributed by atoms with Gasteiger partial charge < -0.3 is 10.2 Å². The Bertz CT molecular complexity index is 203. The molecule has 0 spiro atoms. The number of aliphatic hydroxyl groups is 2. The first-order chi connectivity index (χ1) is 8.66. The molecule has 0 aromatic heterocycles. The second-order valence-corrected chi connectivity index (χ2v) is 5.81. The Kier molecular flexibility index (Phi) is 7.87. The van der Waals surface area contributed by atoms with Crippen LogP contribution in [0.3, 0.4) is 0 Å². The van der Waals surface area contributed by atoms with E-state index in [1.54, 1.807) is 0 Å². The molecule has 1 aliphatic carbocycles. The van der Waals surface area contributed by atoms with Gasteiger partial charge in [0.1, 0.15) is 12.0 Å². The van der Waals surface area contributed by atoms with Crippen molar-refractivity contribution in [3.8, 4) is 0 Å². The van der Waals surface area contributed by atoms with Gasteiger partial charge in [0, 0.05) is 0 Å². The number of nitrogens with one attached hydrogen (secondary N) is 1. The van der Waals surface area contributed by atoms with Crippen LogP contribution in [0.2, 0.25) is 0 Å². The highest BCUT2D eigenvalue weighted by molar-refractivity contribution is 4.80. The Morgan fingerprint density at radius 3 is 2.28 bits per heavy atom. The Labute approximate surface area is 112 Å². The van der Waals surface area contributed by atoms with Crippen molar-refractivity contribution >= 4 is 0 Å². The molecule has 0 saturated heterocycles. The number of hydrogen-bond acceptors (Lipinski definition) is 3. The van der Waals surface area contributed by atoms with Crippen molar-refractivity contribution in [2.45, 2.75) is 95.9 Å². The van der Waals surface area contributed by atoms with E-state index < -0.39 is 12.0 Å². The number of unbranched alkanes of at least 4 members (excludes halogenated alkanes) is 5. The van der Waals surface area contributed by atoms with Gasteiger partial charge >= 0.3 is 0 Å². The van der Waals surface area contributed by atoms with E-state index in [-0.39, 0.29) is 0 Å². The van der Waals surface area contributed by atoms with Gasteiger partial charge in [0.05, 0.1) is 0 Å². The molecule has 0 bridgehead atoms. The minimum absolute atomic E-state index is 0.542. The monoisotopic (exact) mass is 257 g/mol. The maximum atomic E-state index is 10.2. The summed E-state index contributed by atoms with van der Waals surface area (Å²) in [5, 5.41) is 23.1. The molecule has 1 atom stereocenters. The highest BCUT2D eigenvalue weighted by Crippen LogP contribution is 2.26. The summed E-state index contributed by atoms with van der Waals surface area (Å²) >= 11 is 0. The van der Waals surface area contributed by atoms with Gasteiger partial charge in [0.2, 0.25) is 0 Å². The Hall–Kier alpha value is -0.120. The molecule has 0 aromatic rings. The highest BCUT2D eigenvalue weighted by atomic mass is 16.3. The second kappa shape index (κ2) is 8.89. The second-order valence-electron chi connectivity index (χ2n) is 5.81. The third-order valence-corrected chi connectivity index (χ3v) is 3.95. The maximum Gasteiger partial charge on any atom is 0.117 e. The van der Waals surface area contributed by atoms with E-state index >= 15 is 0 Å². The van der Waals surface area contributed by atoms with Crippen LogP contribution < -0.4 is 5.32 Å². The van der Waals surface area contributed by atoms with E-state index in [0.717, 1.165) is 38.5 Å². The van der Waals surface area contributed by atoms with Crippen LogP contribution in [0.5, 0.6) is 0 Å². The van der Waals surface area contributed by atoms with Gasteiger partial charge in [-0.05, 0) is 38.5 Å². The summed E-state index contributed by atoms with van der Waals surface area (Å²) in [6, 6.07) is 0. The molecular formula is C15H31NO2. The third kappa shape index (κ3) is 6.72. The summed E-state index contributed by atoms with van der Waals surface area (Å²) in [4.78, 5) is 0. The lowest BCUT2D eigenvalue weighted by molar-refractivity contribution is -0.0724. The van der Waals surface area contributed by atoms with Crippen LogP contribution in [0.1, 0.15) is 84.0 Å². The van der Waals surface area contributed by atoms with Crippen LogP contribution in [0.4, 0.5) is 0 Å². The topological polar surface area (TPSA) is 52.5 Å². The van der Waals surface area contributed by atoms with E-state index in [0.29, 0.717) is 0 Å². The summed E-state index contributed by atoms with van der Waals surface area (Å²) in [5.74, 6) is 0. The zero-order valence-electron chi connectivity index (χ0n) is 12.0. The minimum atomic E-state index is -0.806.